The summed E-state index contributed by atoms with van der Waals surface area (Å²) in [5.74, 6) is 13.3. The number of hydrogen-bond acceptors (Lipinski definition) is 2. The number of nitrogens with one attached hydrogen (secondary N) is 2. The third kappa shape index (κ3) is 9.44. The second kappa shape index (κ2) is 19.7. The van der Waals surface area contributed by atoms with Crippen LogP contribution in [0.15, 0.2) is 109 Å². The predicted octanol–water partition coefficient (Wildman–Crippen LogP) is 17.5. The lowest BCUT2D eigenvalue weighted by Crippen LogP contribution is -2.16. The van der Waals surface area contributed by atoms with E-state index in [2.05, 4.69) is 185 Å². The van der Waals surface area contributed by atoms with Crippen LogP contribution < -0.4 is 0 Å². The molecule has 7 aromatic rings. The van der Waals surface area contributed by atoms with E-state index in [1.165, 1.54) is 66.8 Å². The molecule has 4 nitrogen and oxygen atoms in total. The van der Waals surface area contributed by atoms with Crippen LogP contribution in [-0.2, 0) is 23.7 Å². The number of allylic oxidation sites excluding steroid dienone is 4. The van der Waals surface area contributed by atoms with Crippen molar-refractivity contribution < 1.29 is 0 Å². The summed E-state index contributed by atoms with van der Waals surface area (Å²) >= 11 is 0. The van der Waals surface area contributed by atoms with Gasteiger partial charge in [0.1, 0.15) is 0 Å². The average molecular weight is 943 g/mol. The Labute approximate surface area is 429 Å². The molecule has 3 aromatic heterocycles. The van der Waals surface area contributed by atoms with Crippen molar-refractivity contribution in [2.45, 2.75) is 133 Å². The van der Waals surface area contributed by atoms with Crippen molar-refractivity contribution in [1.29, 1.82) is 0 Å². The minimum atomic E-state index is -0.0457. The van der Waals surface area contributed by atoms with E-state index in [1.807, 2.05) is 54.6 Å². The first-order valence-electron chi connectivity index (χ1n) is 26.1. The lowest BCUT2D eigenvalue weighted by Gasteiger charge is -2.26. The van der Waals surface area contributed by atoms with Crippen molar-refractivity contribution in [3.63, 3.8) is 0 Å². The molecule has 0 aliphatic carbocycles. The molecule has 2 aliphatic heterocycles. The highest BCUT2D eigenvalue weighted by molar-refractivity contribution is 6.03. The lowest BCUT2D eigenvalue weighted by molar-refractivity contribution is 0.569. The topological polar surface area (TPSA) is 57.4 Å². The van der Waals surface area contributed by atoms with Gasteiger partial charge >= 0.3 is 0 Å². The number of fused-ring (bicyclic) bond motifs is 8. The van der Waals surface area contributed by atoms with Gasteiger partial charge in [0.15, 0.2) is 0 Å². The first-order chi connectivity index (χ1) is 34.4. The molecule has 2 N–H and O–H groups in total. The van der Waals surface area contributed by atoms with Gasteiger partial charge in [0.2, 0.25) is 0 Å². The smallest absolute Gasteiger partial charge is 0.0769 e. The Morgan fingerprint density at radius 1 is 0.431 bits per heavy atom. The van der Waals surface area contributed by atoms with Crippen LogP contribution in [-0.4, -0.2) is 19.9 Å². The van der Waals surface area contributed by atoms with Crippen LogP contribution in [0.2, 0.25) is 0 Å². The Morgan fingerprint density at radius 3 is 1.19 bits per heavy atom. The average Bonchev–Trinajstić information content (AvgIpc) is 4.05. The van der Waals surface area contributed by atoms with Gasteiger partial charge in [-0.3, -0.25) is 0 Å². The zero-order chi connectivity index (χ0) is 51.2. The SMILES string of the molecule is CCC1=C(C)c2nc1cc1[nH]c(c(C)c1CC)c(-c1cc(C(C)(C)C)cc(C(C)(C)C)c1)c1[nH]c(cc3nc(c2-c2ccc(C#Cc4ccc(C#Cc5ccccc5)cc4)cc2)C(C)=C3CC)c(CC)c1C. The number of H-pyrrole nitrogens is 2. The Hall–Kier alpha value is -7.40. The number of aromatic amines is 2. The van der Waals surface area contributed by atoms with Gasteiger partial charge in [-0.2, -0.15) is 0 Å². The summed E-state index contributed by atoms with van der Waals surface area (Å²) < 4.78 is 0. The van der Waals surface area contributed by atoms with E-state index >= 15 is 0 Å². The van der Waals surface area contributed by atoms with Crippen LogP contribution in [0.5, 0.6) is 0 Å². The van der Waals surface area contributed by atoms with Crippen LogP contribution in [0, 0.1) is 37.5 Å². The maximum atomic E-state index is 5.67. The summed E-state index contributed by atoms with van der Waals surface area (Å²) in [5.41, 5.74) is 29.5. The van der Waals surface area contributed by atoms with Gasteiger partial charge in [0.25, 0.3) is 0 Å². The van der Waals surface area contributed by atoms with Crippen LogP contribution in [0.1, 0.15) is 174 Å². The molecular formula is C68H70N4. The van der Waals surface area contributed by atoms with Gasteiger partial charge in [-0.05, 0) is 192 Å². The first-order valence-corrected chi connectivity index (χ1v) is 26.1. The van der Waals surface area contributed by atoms with E-state index in [0.717, 1.165) is 104 Å². The maximum Gasteiger partial charge on any atom is 0.0769 e. The summed E-state index contributed by atoms with van der Waals surface area (Å²) in [6.45, 7) is 32.1. The van der Waals surface area contributed by atoms with E-state index in [-0.39, 0.29) is 10.8 Å². The molecule has 0 amide bonds. The van der Waals surface area contributed by atoms with Gasteiger partial charge < -0.3 is 9.97 Å². The molecular weight excluding hydrogens is 873 g/mol. The summed E-state index contributed by atoms with van der Waals surface area (Å²) in [6, 6.07) is 38.9. The number of aryl methyl sites for hydroxylation is 4. The van der Waals surface area contributed by atoms with Gasteiger partial charge in [-0.25, -0.2) is 9.97 Å². The number of aromatic nitrogens is 4. The molecule has 4 aromatic carbocycles. The molecule has 5 heterocycles. The Morgan fingerprint density at radius 2 is 0.819 bits per heavy atom. The fraction of sp³-hybridized carbons (Fsp3) is 0.294. The third-order valence-corrected chi connectivity index (χ3v) is 15.0. The highest BCUT2D eigenvalue weighted by Crippen LogP contribution is 2.45. The molecule has 362 valence electrons. The van der Waals surface area contributed by atoms with Crippen LogP contribution in [0.25, 0.3) is 66.6 Å². The van der Waals surface area contributed by atoms with Gasteiger partial charge in [0, 0.05) is 44.4 Å². The standard InChI is InChI=1S/C68H70N4/c1-15-53-41(5)63-61(49-34-32-48(33-35-49)31-30-47-28-26-46(27-29-47)25-24-45-22-20-19-21-23-45)64-42(6)54(16-2)58(70-64)40-60-56(18-4)44(8)66(72-60)62(65-43(7)55(17-3)59(71-65)39-57(53)69-63)50-36-51(67(9,10)11)38-52(37-50)68(12,13)14/h19-23,26-29,32-40,71-72H,15-18H2,1-14H3. The van der Waals surface area contributed by atoms with E-state index in [9.17, 15) is 0 Å². The summed E-state index contributed by atoms with van der Waals surface area (Å²) in [7, 11) is 0. The molecule has 0 saturated heterocycles. The highest BCUT2D eigenvalue weighted by Gasteiger charge is 2.28. The molecule has 0 spiro atoms. The number of benzene rings is 4. The van der Waals surface area contributed by atoms with Gasteiger partial charge in [-0.1, -0.05) is 141 Å². The van der Waals surface area contributed by atoms with Gasteiger partial charge in [0.05, 0.1) is 33.8 Å². The maximum absolute atomic E-state index is 5.67. The van der Waals surface area contributed by atoms with E-state index in [0.29, 0.717) is 0 Å². The summed E-state index contributed by atoms with van der Waals surface area (Å²) in [6.07, 6.45) is 3.47. The van der Waals surface area contributed by atoms with Crippen LogP contribution in [0.3, 0.4) is 0 Å². The van der Waals surface area contributed by atoms with Gasteiger partial charge in [-0.15, -0.1) is 0 Å². The molecule has 4 heteroatoms. The predicted molar refractivity (Wildman–Crippen MR) is 308 cm³/mol. The fourth-order valence-corrected chi connectivity index (χ4v) is 10.7. The molecule has 2 aliphatic rings. The Bertz CT molecular complexity index is 3490. The van der Waals surface area contributed by atoms with Crippen LogP contribution >= 0.6 is 0 Å². The Kier molecular flexibility index (Phi) is 13.5. The first kappa shape index (κ1) is 49.6. The van der Waals surface area contributed by atoms with Crippen molar-refractivity contribution in [1.82, 2.24) is 19.9 Å². The quantitative estimate of drug-likeness (QED) is 0.163. The van der Waals surface area contributed by atoms with Crippen molar-refractivity contribution >= 4 is 44.4 Å². The highest BCUT2D eigenvalue weighted by atomic mass is 14.8. The second-order valence-electron chi connectivity index (χ2n) is 21.7. The zero-order valence-electron chi connectivity index (χ0n) is 45.1. The molecule has 8 bridgehead atoms. The lowest BCUT2D eigenvalue weighted by atomic mass is 9.78. The normalized spacial score (nSPS) is 12.8. The fourth-order valence-electron chi connectivity index (χ4n) is 10.7. The summed E-state index contributed by atoms with van der Waals surface area (Å²) in [5, 5.41) is 0. The molecule has 72 heavy (non-hydrogen) atoms. The van der Waals surface area contributed by atoms with E-state index < -0.39 is 0 Å². The van der Waals surface area contributed by atoms with E-state index in [4.69, 9.17) is 9.97 Å². The van der Waals surface area contributed by atoms with Crippen molar-refractivity contribution in [3.8, 4) is 45.9 Å². The van der Waals surface area contributed by atoms with Crippen molar-refractivity contribution in [3.05, 3.63) is 188 Å². The number of nitrogens with zero attached hydrogens (tertiary/aromatic N) is 2. The zero-order valence-corrected chi connectivity index (χ0v) is 45.1. The minimum absolute atomic E-state index is 0.0457. The minimum Gasteiger partial charge on any atom is -0.354 e. The van der Waals surface area contributed by atoms with Crippen LogP contribution in [0.4, 0.5) is 0 Å². The van der Waals surface area contributed by atoms with Crippen molar-refractivity contribution in [2.75, 3.05) is 0 Å². The number of hydrogen-bond donors (Lipinski definition) is 2. The molecule has 9 rings (SSSR count). The number of rotatable bonds is 6. The van der Waals surface area contributed by atoms with E-state index in [1.54, 1.807) is 0 Å². The van der Waals surface area contributed by atoms with Crippen molar-refractivity contribution in [2.24, 2.45) is 0 Å². The molecule has 0 unspecified atom stereocenters. The Balaban J connectivity index is 1.30. The second-order valence-corrected chi connectivity index (χ2v) is 21.7. The monoisotopic (exact) mass is 943 g/mol. The summed E-state index contributed by atoms with van der Waals surface area (Å²) in [4.78, 5) is 19.5. The molecule has 0 fully saturated rings. The largest absolute Gasteiger partial charge is 0.354 e. The molecule has 0 radical (unpaired) electrons. The molecule has 0 atom stereocenters. The third-order valence-electron chi connectivity index (χ3n) is 15.0. The molecule has 0 saturated carbocycles.